The van der Waals surface area contributed by atoms with Crippen molar-refractivity contribution in [3.63, 3.8) is 0 Å². The molecule has 148 valence electrons. The van der Waals surface area contributed by atoms with E-state index in [4.69, 9.17) is 16.7 Å². The van der Waals surface area contributed by atoms with Crippen molar-refractivity contribution in [2.75, 3.05) is 5.75 Å². The third-order valence-corrected chi connectivity index (χ3v) is 5.28. The molecule has 0 fully saturated rings. The minimum atomic E-state index is -0.902. The van der Waals surface area contributed by atoms with Crippen LogP contribution in [0.4, 0.5) is 0 Å². The van der Waals surface area contributed by atoms with Crippen molar-refractivity contribution < 1.29 is 14.7 Å². The highest BCUT2D eigenvalue weighted by atomic mass is 35.5. The zero-order valence-electron chi connectivity index (χ0n) is 15.8. The van der Waals surface area contributed by atoms with Crippen LogP contribution in [0.15, 0.2) is 41.6 Å². The van der Waals surface area contributed by atoms with Crippen molar-refractivity contribution in [3.05, 3.63) is 58.1 Å². The molecule has 0 aliphatic rings. The number of benzene rings is 2. The second-order valence-corrected chi connectivity index (χ2v) is 7.86. The lowest BCUT2D eigenvalue weighted by Gasteiger charge is -2.00. The number of thioether (sulfide) groups is 1. The van der Waals surface area contributed by atoms with Crippen LogP contribution >= 0.6 is 23.4 Å². The largest absolute Gasteiger partial charge is 0.481 e. The van der Waals surface area contributed by atoms with Gasteiger partial charge in [-0.1, -0.05) is 54.3 Å². The third kappa shape index (κ3) is 5.86. The summed E-state index contributed by atoms with van der Waals surface area (Å²) in [4.78, 5) is 29.9. The van der Waals surface area contributed by atoms with Gasteiger partial charge in [0.05, 0.1) is 21.8 Å². The number of carboxylic acids is 1. The number of aromatic amines is 1. The molecule has 3 aromatic rings. The number of halogens is 1. The quantitative estimate of drug-likeness (QED) is 0.422. The van der Waals surface area contributed by atoms with Crippen LogP contribution in [0.1, 0.15) is 36.5 Å². The summed E-state index contributed by atoms with van der Waals surface area (Å²) in [5.74, 6) is 5.42. The first-order valence-electron chi connectivity index (χ1n) is 9.11. The number of nitrogens with zero attached hydrogens (tertiary/aromatic N) is 1. The molecular formula is C22H19ClN2O3S. The van der Waals surface area contributed by atoms with Crippen LogP contribution in [-0.2, 0) is 16.0 Å². The number of aliphatic carboxylic acids is 1. The van der Waals surface area contributed by atoms with Crippen molar-refractivity contribution in [1.29, 1.82) is 0 Å². The molecule has 29 heavy (non-hydrogen) atoms. The Hall–Kier alpha value is -2.75. The number of Topliss-reactive ketones (excluding diaryl/α,β-unsaturated/α-hetero) is 1. The molecule has 0 amide bonds. The van der Waals surface area contributed by atoms with Crippen LogP contribution < -0.4 is 0 Å². The third-order valence-electron chi connectivity index (χ3n) is 4.11. The van der Waals surface area contributed by atoms with E-state index in [0.717, 1.165) is 34.8 Å². The summed E-state index contributed by atoms with van der Waals surface area (Å²) in [6.07, 6.45) is 1.92. The smallest absolute Gasteiger partial charge is 0.313 e. The molecule has 2 N–H and O–H groups in total. The second-order valence-electron chi connectivity index (χ2n) is 6.49. The van der Waals surface area contributed by atoms with Crippen LogP contribution in [0.25, 0.3) is 11.0 Å². The summed E-state index contributed by atoms with van der Waals surface area (Å²) < 4.78 is 0. The molecule has 0 unspecified atom stereocenters. The monoisotopic (exact) mass is 426 g/mol. The van der Waals surface area contributed by atoms with E-state index in [1.54, 1.807) is 12.1 Å². The van der Waals surface area contributed by atoms with E-state index >= 15 is 0 Å². The van der Waals surface area contributed by atoms with Crippen LogP contribution in [0.2, 0.25) is 5.02 Å². The first kappa shape index (κ1) is 21.0. The van der Waals surface area contributed by atoms with Crippen LogP contribution in [-0.4, -0.2) is 32.6 Å². The number of ketones is 1. The van der Waals surface area contributed by atoms with E-state index in [0.29, 0.717) is 34.1 Å². The molecule has 0 saturated heterocycles. The van der Waals surface area contributed by atoms with E-state index in [1.807, 2.05) is 31.2 Å². The highest BCUT2D eigenvalue weighted by molar-refractivity contribution is 7.99. The Morgan fingerprint density at radius 3 is 2.66 bits per heavy atom. The van der Waals surface area contributed by atoms with Crippen LogP contribution in [0.5, 0.6) is 0 Å². The van der Waals surface area contributed by atoms with Crippen molar-refractivity contribution in [1.82, 2.24) is 9.97 Å². The van der Waals surface area contributed by atoms with E-state index in [1.165, 1.54) is 0 Å². The molecule has 2 aromatic carbocycles. The Morgan fingerprint density at radius 2 is 1.97 bits per heavy atom. The Morgan fingerprint density at radius 1 is 1.21 bits per heavy atom. The molecule has 1 heterocycles. The topological polar surface area (TPSA) is 83.0 Å². The van der Waals surface area contributed by atoms with Crippen molar-refractivity contribution >= 4 is 46.1 Å². The number of nitrogens with one attached hydrogen (secondary N) is 1. The van der Waals surface area contributed by atoms with Gasteiger partial charge in [-0.15, -0.1) is 0 Å². The Balaban J connectivity index is 1.76. The summed E-state index contributed by atoms with van der Waals surface area (Å²) in [6.45, 7) is 2.00. The van der Waals surface area contributed by atoms with Gasteiger partial charge in [-0.3, -0.25) is 9.59 Å². The van der Waals surface area contributed by atoms with Gasteiger partial charge >= 0.3 is 5.97 Å². The molecule has 0 saturated carbocycles. The van der Waals surface area contributed by atoms with Gasteiger partial charge in [-0.25, -0.2) is 4.98 Å². The predicted octanol–water partition coefficient (Wildman–Crippen LogP) is 4.70. The summed E-state index contributed by atoms with van der Waals surface area (Å²) in [7, 11) is 0. The molecule has 7 heteroatoms. The maximum absolute atomic E-state index is 11.7. The lowest BCUT2D eigenvalue weighted by Crippen LogP contribution is -2.01. The van der Waals surface area contributed by atoms with Crippen LogP contribution in [0.3, 0.4) is 0 Å². The van der Waals surface area contributed by atoms with Crippen LogP contribution in [0, 0.1) is 11.8 Å². The molecule has 0 aliphatic heterocycles. The van der Waals surface area contributed by atoms with Gasteiger partial charge in [-0.05, 0) is 36.2 Å². The highest BCUT2D eigenvalue weighted by Gasteiger charge is 2.09. The number of aromatic nitrogens is 2. The lowest BCUT2D eigenvalue weighted by atomic mass is 10.0. The summed E-state index contributed by atoms with van der Waals surface area (Å²) in [5.41, 5.74) is 3.87. The van der Waals surface area contributed by atoms with Gasteiger partial charge in [0.25, 0.3) is 0 Å². The molecule has 0 atom stereocenters. The minimum Gasteiger partial charge on any atom is -0.481 e. The zero-order valence-corrected chi connectivity index (χ0v) is 17.4. The first-order valence-corrected chi connectivity index (χ1v) is 10.5. The van der Waals surface area contributed by atoms with E-state index in [2.05, 4.69) is 21.8 Å². The van der Waals surface area contributed by atoms with E-state index in [9.17, 15) is 9.59 Å². The molecule has 5 nitrogen and oxygen atoms in total. The number of hydrogen-bond donors (Lipinski definition) is 2. The fourth-order valence-electron chi connectivity index (χ4n) is 2.74. The van der Waals surface area contributed by atoms with E-state index in [-0.39, 0.29) is 11.5 Å². The van der Waals surface area contributed by atoms with Gasteiger partial charge in [-0.2, -0.15) is 0 Å². The molecule has 0 bridgehead atoms. The lowest BCUT2D eigenvalue weighted by molar-refractivity contribution is -0.133. The number of carbonyl (C=O) groups excluding carboxylic acids is 1. The van der Waals surface area contributed by atoms with E-state index < -0.39 is 5.97 Å². The number of fused-ring (bicyclic) bond motifs is 1. The molecule has 0 spiro atoms. The first-order chi connectivity index (χ1) is 13.9. The normalized spacial score (nSPS) is 10.6. The van der Waals surface area contributed by atoms with Gasteiger partial charge in [0.1, 0.15) is 5.78 Å². The Labute approximate surface area is 177 Å². The fourth-order valence-corrected chi connectivity index (χ4v) is 3.55. The SMILES string of the molecule is CCCC(=O)Cc1ccc(C#Cc2cc3[nH]c(SCC(=O)O)nc3cc2Cl)cc1. The van der Waals surface area contributed by atoms with Crippen molar-refractivity contribution in [2.45, 2.75) is 31.3 Å². The number of carbonyl (C=O) groups is 2. The predicted molar refractivity (Wildman–Crippen MR) is 116 cm³/mol. The van der Waals surface area contributed by atoms with Crippen molar-refractivity contribution in [2.24, 2.45) is 0 Å². The molecule has 3 rings (SSSR count). The number of hydrogen-bond acceptors (Lipinski definition) is 4. The maximum Gasteiger partial charge on any atom is 0.313 e. The molecule has 1 aromatic heterocycles. The second kappa shape index (κ2) is 9.64. The standard InChI is InChI=1S/C22H19ClN2O3S/c1-2-3-17(26)10-15-6-4-14(5-7-15)8-9-16-11-19-20(12-18(16)23)25-22(24-19)29-13-21(27)28/h4-7,11-12H,2-3,10,13H2,1H3,(H,24,25)(H,27,28). The van der Waals surface area contributed by atoms with Gasteiger partial charge in [0, 0.05) is 24.0 Å². The highest BCUT2D eigenvalue weighted by Crippen LogP contribution is 2.25. The number of carboxylic acid groups (broad SMARTS) is 1. The summed E-state index contributed by atoms with van der Waals surface area (Å²) in [6, 6.07) is 11.1. The van der Waals surface area contributed by atoms with Gasteiger partial charge in [0.2, 0.25) is 0 Å². The summed E-state index contributed by atoms with van der Waals surface area (Å²) >= 11 is 7.44. The van der Waals surface area contributed by atoms with Gasteiger partial charge < -0.3 is 10.1 Å². The Kier molecular flexibility index (Phi) is 6.97. The van der Waals surface area contributed by atoms with Crippen molar-refractivity contribution in [3.8, 4) is 11.8 Å². The molecule has 0 radical (unpaired) electrons. The molecular weight excluding hydrogens is 408 g/mol. The average Bonchev–Trinajstić information content (AvgIpc) is 3.07. The summed E-state index contributed by atoms with van der Waals surface area (Å²) in [5, 5.41) is 9.79. The fraction of sp³-hybridized carbons (Fsp3) is 0.227. The average molecular weight is 427 g/mol. The number of rotatable bonds is 7. The number of imidazole rings is 1. The minimum absolute atomic E-state index is 0.0692. The zero-order chi connectivity index (χ0) is 20.8. The van der Waals surface area contributed by atoms with Gasteiger partial charge in [0.15, 0.2) is 5.16 Å². The maximum atomic E-state index is 11.7. The molecule has 0 aliphatic carbocycles. The number of H-pyrrole nitrogens is 1. The Bertz CT molecular complexity index is 1110.